The molecule has 0 atom stereocenters. The third-order valence-corrected chi connectivity index (χ3v) is 3.73. The van der Waals surface area contributed by atoms with Crippen molar-refractivity contribution in [2.24, 2.45) is 0 Å². The number of hydrogen-bond donors (Lipinski definition) is 1. The van der Waals surface area contributed by atoms with Gasteiger partial charge in [0.05, 0.1) is 5.69 Å². The monoisotopic (exact) mass is 320 g/mol. The molecule has 1 amide bonds. The normalized spacial score (nSPS) is 14.2. The summed E-state index contributed by atoms with van der Waals surface area (Å²) in [6, 6.07) is 7.39. The third-order valence-electron chi connectivity index (χ3n) is 3.49. The number of carbonyl (C=O) groups excluding carboxylic acids is 1. The number of hydrogen-bond acceptors (Lipinski definition) is 4. The third kappa shape index (κ3) is 3.17. The highest BCUT2D eigenvalue weighted by Crippen LogP contribution is 2.20. The maximum atomic E-state index is 13.7. The second-order valence-corrected chi connectivity index (χ2v) is 5.49. The first kappa shape index (κ1) is 14.7. The smallest absolute Gasteiger partial charge is 0.276 e. The van der Waals surface area contributed by atoms with Crippen LogP contribution in [0.5, 0.6) is 0 Å². The molecule has 2 aromatic rings. The fraction of sp³-hybridized carbons (Fsp3) is 0.267. The van der Waals surface area contributed by atoms with Gasteiger partial charge in [-0.2, -0.15) is 0 Å². The van der Waals surface area contributed by atoms with Gasteiger partial charge in [-0.05, 0) is 43.2 Å². The molecule has 0 saturated carbocycles. The summed E-state index contributed by atoms with van der Waals surface area (Å²) in [5.41, 5.74) is 0.192. The van der Waals surface area contributed by atoms with E-state index in [1.807, 2.05) is 0 Å². The van der Waals surface area contributed by atoms with Gasteiger partial charge in [0.25, 0.3) is 5.91 Å². The van der Waals surface area contributed by atoms with Gasteiger partial charge in [-0.15, -0.1) is 10.2 Å². The van der Waals surface area contributed by atoms with Crippen LogP contribution in [-0.2, 0) is 0 Å². The van der Waals surface area contributed by atoms with E-state index in [-0.39, 0.29) is 16.4 Å². The molecule has 0 aliphatic carbocycles. The molecule has 1 fully saturated rings. The molecule has 0 spiro atoms. The van der Waals surface area contributed by atoms with Gasteiger partial charge in [-0.1, -0.05) is 11.6 Å². The lowest BCUT2D eigenvalue weighted by atomic mass is 10.3. The van der Waals surface area contributed by atoms with E-state index in [0.717, 1.165) is 37.8 Å². The number of anilines is 2. The first-order valence-electron chi connectivity index (χ1n) is 6.98. The van der Waals surface area contributed by atoms with Crippen LogP contribution in [0.1, 0.15) is 23.3 Å². The summed E-state index contributed by atoms with van der Waals surface area (Å²) < 4.78 is 13.7. The van der Waals surface area contributed by atoms with Gasteiger partial charge >= 0.3 is 0 Å². The number of aromatic nitrogens is 2. The molecule has 0 bridgehead atoms. The molecule has 1 aromatic heterocycles. The maximum Gasteiger partial charge on any atom is 0.276 e. The van der Waals surface area contributed by atoms with Crippen molar-refractivity contribution in [2.75, 3.05) is 23.3 Å². The lowest BCUT2D eigenvalue weighted by Crippen LogP contribution is -2.21. The average Bonchev–Trinajstić information content (AvgIpc) is 3.04. The minimum Gasteiger partial charge on any atom is -0.355 e. The summed E-state index contributed by atoms with van der Waals surface area (Å²) in [4.78, 5) is 14.2. The summed E-state index contributed by atoms with van der Waals surface area (Å²) in [5, 5.41) is 10.7. The molecule has 5 nitrogen and oxygen atoms in total. The van der Waals surface area contributed by atoms with Crippen molar-refractivity contribution in [3.05, 3.63) is 46.9 Å². The molecule has 0 radical (unpaired) electrons. The molecule has 1 saturated heterocycles. The zero-order valence-electron chi connectivity index (χ0n) is 11.7. The van der Waals surface area contributed by atoms with E-state index in [0.29, 0.717) is 0 Å². The van der Waals surface area contributed by atoms with Crippen LogP contribution in [0.4, 0.5) is 15.9 Å². The van der Waals surface area contributed by atoms with Gasteiger partial charge in [-0.3, -0.25) is 4.79 Å². The molecular formula is C15H14ClFN4O. The highest BCUT2D eigenvalue weighted by Gasteiger charge is 2.16. The zero-order chi connectivity index (χ0) is 15.5. The Hall–Kier alpha value is -2.21. The Morgan fingerprint density at radius 2 is 1.95 bits per heavy atom. The fourth-order valence-corrected chi connectivity index (χ4v) is 2.50. The largest absolute Gasteiger partial charge is 0.355 e. The standard InChI is InChI=1S/C15H14ClFN4O/c16-10-3-4-12(11(17)9-10)18-15(22)13-5-6-14(20-19-13)21-7-1-2-8-21/h3-6,9H,1-2,7-8H2,(H,18,22). The van der Waals surface area contributed by atoms with E-state index in [9.17, 15) is 9.18 Å². The Labute approximate surface area is 132 Å². The molecular weight excluding hydrogens is 307 g/mol. The highest BCUT2D eigenvalue weighted by atomic mass is 35.5. The van der Waals surface area contributed by atoms with Gasteiger partial charge in [-0.25, -0.2) is 4.39 Å². The lowest BCUT2D eigenvalue weighted by molar-refractivity contribution is 0.102. The van der Waals surface area contributed by atoms with E-state index >= 15 is 0 Å². The number of benzene rings is 1. The molecule has 1 N–H and O–H groups in total. The molecule has 1 aliphatic heterocycles. The van der Waals surface area contributed by atoms with Crippen LogP contribution in [0.15, 0.2) is 30.3 Å². The minimum atomic E-state index is -0.595. The Kier molecular flexibility index (Phi) is 4.20. The van der Waals surface area contributed by atoms with E-state index in [1.54, 1.807) is 12.1 Å². The zero-order valence-corrected chi connectivity index (χ0v) is 12.5. The van der Waals surface area contributed by atoms with Crippen molar-refractivity contribution >= 4 is 29.0 Å². The van der Waals surface area contributed by atoms with Crippen LogP contribution in [0, 0.1) is 5.82 Å². The molecule has 1 aromatic carbocycles. The topological polar surface area (TPSA) is 58.1 Å². The number of nitrogens with zero attached hydrogens (tertiary/aromatic N) is 3. The first-order chi connectivity index (χ1) is 10.6. The Bertz CT molecular complexity index is 686. The number of rotatable bonds is 3. The quantitative estimate of drug-likeness (QED) is 0.944. The molecule has 7 heteroatoms. The summed E-state index contributed by atoms with van der Waals surface area (Å²) in [5.74, 6) is -0.351. The number of halogens is 2. The highest BCUT2D eigenvalue weighted by molar-refractivity contribution is 6.30. The summed E-state index contributed by atoms with van der Waals surface area (Å²) in [7, 11) is 0. The molecule has 2 heterocycles. The first-order valence-corrected chi connectivity index (χ1v) is 7.36. The molecule has 3 rings (SSSR count). The van der Waals surface area contributed by atoms with Gasteiger partial charge in [0.15, 0.2) is 11.5 Å². The van der Waals surface area contributed by atoms with Crippen molar-refractivity contribution in [1.82, 2.24) is 10.2 Å². The van der Waals surface area contributed by atoms with Gasteiger partial charge in [0.1, 0.15) is 5.82 Å². The van der Waals surface area contributed by atoms with Gasteiger partial charge in [0, 0.05) is 18.1 Å². The van der Waals surface area contributed by atoms with E-state index in [1.165, 1.54) is 12.1 Å². The van der Waals surface area contributed by atoms with Crippen LogP contribution in [0.3, 0.4) is 0 Å². The molecule has 1 aliphatic rings. The van der Waals surface area contributed by atoms with Gasteiger partial charge in [0.2, 0.25) is 0 Å². The Balaban J connectivity index is 1.71. The lowest BCUT2D eigenvalue weighted by Gasteiger charge is -2.15. The SMILES string of the molecule is O=C(Nc1ccc(Cl)cc1F)c1ccc(N2CCCC2)nn1. The molecule has 114 valence electrons. The number of nitrogens with one attached hydrogen (secondary N) is 1. The van der Waals surface area contributed by atoms with Crippen molar-refractivity contribution in [3.63, 3.8) is 0 Å². The predicted molar refractivity (Wildman–Crippen MR) is 82.8 cm³/mol. The predicted octanol–water partition coefficient (Wildman–Crippen LogP) is 3.12. The maximum absolute atomic E-state index is 13.7. The van der Waals surface area contributed by atoms with Crippen LogP contribution >= 0.6 is 11.6 Å². The summed E-state index contributed by atoms with van der Waals surface area (Å²) in [6.45, 7) is 1.91. The van der Waals surface area contributed by atoms with Crippen LogP contribution < -0.4 is 10.2 Å². The Morgan fingerprint density at radius 3 is 2.59 bits per heavy atom. The summed E-state index contributed by atoms with van der Waals surface area (Å²) >= 11 is 5.67. The minimum absolute atomic E-state index is 0.0554. The van der Waals surface area contributed by atoms with Crippen LogP contribution in [-0.4, -0.2) is 29.2 Å². The molecule has 22 heavy (non-hydrogen) atoms. The number of carbonyl (C=O) groups is 1. The van der Waals surface area contributed by atoms with Crippen molar-refractivity contribution in [3.8, 4) is 0 Å². The average molecular weight is 321 g/mol. The van der Waals surface area contributed by atoms with E-state index in [4.69, 9.17) is 11.6 Å². The Morgan fingerprint density at radius 1 is 1.18 bits per heavy atom. The van der Waals surface area contributed by atoms with Crippen molar-refractivity contribution in [1.29, 1.82) is 0 Å². The van der Waals surface area contributed by atoms with E-state index in [2.05, 4.69) is 20.4 Å². The van der Waals surface area contributed by atoms with E-state index < -0.39 is 11.7 Å². The van der Waals surface area contributed by atoms with Crippen LogP contribution in [0.25, 0.3) is 0 Å². The van der Waals surface area contributed by atoms with Crippen molar-refractivity contribution < 1.29 is 9.18 Å². The van der Waals surface area contributed by atoms with Gasteiger partial charge < -0.3 is 10.2 Å². The number of amides is 1. The fourth-order valence-electron chi connectivity index (χ4n) is 2.34. The second kappa shape index (κ2) is 6.27. The summed E-state index contributed by atoms with van der Waals surface area (Å²) in [6.07, 6.45) is 2.28. The second-order valence-electron chi connectivity index (χ2n) is 5.05. The van der Waals surface area contributed by atoms with Crippen molar-refractivity contribution in [2.45, 2.75) is 12.8 Å². The molecule has 0 unspecified atom stereocenters. The van der Waals surface area contributed by atoms with Crippen LogP contribution in [0.2, 0.25) is 5.02 Å².